The summed E-state index contributed by atoms with van der Waals surface area (Å²) in [5.41, 5.74) is 13.6. The fourth-order valence-corrected chi connectivity index (χ4v) is 4.93. The van der Waals surface area contributed by atoms with Crippen LogP contribution in [0.5, 0.6) is 0 Å². The average Bonchev–Trinajstić information content (AvgIpc) is 3.60. The largest absolute Gasteiger partial charge is 4.00 e. The number of rotatable bonds is 5. The number of benzene rings is 2. The van der Waals surface area contributed by atoms with Gasteiger partial charge in [0.15, 0.2) is 0 Å². The molecule has 0 spiro atoms. The minimum Gasteiger partial charge on any atom is -0.342 e. The van der Waals surface area contributed by atoms with Gasteiger partial charge in [0.2, 0.25) is 0 Å². The second kappa shape index (κ2) is 17.1. The van der Waals surface area contributed by atoms with Crippen LogP contribution in [0, 0.1) is 11.8 Å². The monoisotopic (exact) mass is 592 g/mol. The summed E-state index contributed by atoms with van der Waals surface area (Å²) in [5, 5.41) is 1.23. The maximum absolute atomic E-state index is 3.64. The summed E-state index contributed by atoms with van der Waals surface area (Å²) in [5.74, 6) is 0. The molecular weight excluding hydrogens is 556 g/mol. The first-order valence-corrected chi connectivity index (χ1v) is 19.4. The second-order valence-corrected chi connectivity index (χ2v) is 20.2. The summed E-state index contributed by atoms with van der Waals surface area (Å²) in [7, 11) is -3.09. The van der Waals surface area contributed by atoms with E-state index in [2.05, 4.69) is 117 Å². The molecule has 0 saturated heterocycles. The molecule has 4 aromatic rings. The molecule has 3 heteroatoms. The van der Waals surface area contributed by atoms with E-state index in [-0.39, 0.29) is 26.2 Å². The van der Waals surface area contributed by atoms with Gasteiger partial charge in [-0.25, -0.2) is 30.0 Å². The van der Waals surface area contributed by atoms with Gasteiger partial charge in [-0.1, -0.05) is 93.4 Å². The van der Waals surface area contributed by atoms with Crippen molar-refractivity contribution >= 4 is 21.7 Å². The molecule has 4 aromatic carbocycles. The summed E-state index contributed by atoms with van der Waals surface area (Å²) in [6, 6.07) is 40.9. The summed E-state index contributed by atoms with van der Waals surface area (Å²) in [4.78, 5) is 0. The van der Waals surface area contributed by atoms with Gasteiger partial charge in [-0.15, -0.1) is 29.3 Å². The van der Waals surface area contributed by atoms with Crippen LogP contribution < -0.4 is 0 Å². The summed E-state index contributed by atoms with van der Waals surface area (Å²) < 4.78 is 0. The predicted octanol–water partition coefficient (Wildman–Crippen LogP) is 9.52. The third-order valence-electron chi connectivity index (χ3n) is 4.84. The first kappa shape index (κ1) is 32.5. The molecule has 0 bridgehead atoms. The van der Waals surface area contributed by atoms with Crippen LogP contribution in [-0.2, 0) is 26.2 Å². The van der Waals surface area contributed by atoms with E-state index in [1.54, 1.807) is 0 Å². The molecule has 0 unspecified atom stereocenters. The maximum Gasteiger partial charge on any atom is 4.00 e. The molecule has 0 fully saturated rings. The quantitative estimate of drug-likeness (QED) is 0.0711. The van der Waals surface area contributed by atoms with Crippen LogP contribution in [-0.4, -0.2) is 16.1 Å². The van der Waals surface area contributed by atoms with Crippen molar-refractivity contribution in [2.75, 3.05) is 0 Å². The second-order valence-electron chi connectivity index (χ2n) is 10.4. The molecule has 0 aliphatic heterocycles. The van der Waals surface area contributed by atoms with E-state index in [1.807, 2.05) is 66.7 Å². The predicted molar refractivity (Wildman–Crippen MR) is 163 cm³/mol. The van der Waals surface area contributed by atoms with Gasteiger partial charge < -0.3 is 11.5 Å². The van der Waals surface area contributed by atoms with Gasteiger partial charge in [-0.05, 0) is 8.07 Å². The molecule has 0 N–H and O–H groups in total. The Morgan fingerprint density at radius 1 is 0.649 bits per heavy atom. The molecule has 0 amide bonds. The third kappa shape index (κ3) is 14.1. The Hall–Kier alpha value is -2.50. The molecule has 0 saturated carbocycles. The van der Waals surface area contributed by atoms with Crippen molar-refractivity contribution in [2.24, 2.45) is 0 Å². The van der Waals surface area contributed by atoms with Gasteiger partial charge in [-0.3, -0.25) is 0 Å². The van der Waals surface area contributed by atoms with Crippen LogP contribution in [0.25, 0.3) is 5.57 Å². The van der Waals surface area contributed by atoms with E-state index in [9.17, 15) is 0 Å². The molecule has 186 valence electrons. The van der Waals surface area contributed by atoms with Gasteiger partial charge in [0.25, 0.3) is 0 Å². The molecule has 0 radical (unpaired) electrons. The number of hydrogen-bond donors (Lipinski definition) is 0. The van der Waals surface area contributed by atoms with Crippen molar-refractivity contribution in [1.29, 1.82) is 0 Å². The SMILES string of the molecule is C[Si](C)(C)[C-]=C=C=C(C(=[C-]c1ccccc1)c1ccccc1)[Si](C)(C)C.[Zr+4].c1cc[cH-]c1.c1cc[cH-]c1. The van der Waals surface area contributed by atoms with Crippen LogP contribution in [0.4, 0.5) is 0 Å². The van der Waals surface area contributed by atoms with E-state index in [0.717, 1.165) is 11.1 Å². The fourth-order valence-electron chi connectivity index (χ4n) is 3.10. The van der Waals surface area contributed by atoms with Gasteiger partial charge in [0.1, 0.15) is 0 Å². The Labute approximate surface area is 246 Å². The van der Waals surface area contributed by atoms with Gasteiger partial charge in [0.05, 0.1) is 0 Å². The topological polar surface area (TPSA) is 0 Å². The van der Waals surface area contributed by atoms with Crippen LogP contribution in [0.3, 0.4) is 0 Å². The maximum atomic E-state index is 3.64. The Morgan fingerprint density at radius 3 is 1.49 bits per heavy atom. The van der Waals surface area contributed by atoms with Crippen LogP contribution >= 0.6 is 0 Å². The zero-order valence-corrected chi connectivity index (χ0v) is 27.5. The summed E-state index contributed by atoms with van der Waals surface area (Å²) in [6.45, 7) is 13.8. The molecule has 0 atom stereocenters. The van der Waals surface area contributed by atoms with Crippen molar-refractivity contribution in [3.8, 4) is 0 Å². The molecule has 4 rings (SSSR count). The van der Waals surface area contributed by atoms with Crippen molar-refractivity contribution in [1.82, 2.24) is 0 Å². The standard InChI is InChI=1S/C24H28Si2.2C5H5.Zr/c1-25(2,3)19-13-18-24(26(4,5)6)23(22-16-11-8-12-17-22)20-21-14-9-7-10-15-21;2*1-2-4-5-3-1;/h7-12,14-17H,1-6H3;2*1-5H;/q-2;2*-1;+4. The van der Waals surface area contributed by atoms with E-state index in [0.29, 0.717) is 0 Å². The zero-order chi connectivity index (χ0) is 26.3. The Morgan fingerprint density at radius 2 is 1.11 bits per heavy atom. The minimum absolute atomic E-state index is 0. The summed E-state index contributed by atoms with van der Waals surface area (Å²) >= 11 is 0. The van der Waals surface area contributed by atoms with E-state index < -0.39 is 16.1 Å². The Balaban J connectivity index is 0.000000512. The van der Waals surface area contributed by atoms with Crippen LogP contribution in [0.1, 0.15) is 11.1 Å². The molecule has 0 nitrogen and oxygen atoms in total. The van der Waals surface area contributed by atoms with E-state index >= 15 is 0 Å². The molecule has 37 heavy (non-hydrogen) atoms. The normalized spacial score (nSPS) is 10.7. The minimum atomic E-state index is -1.66. The molecule has 0 aliphatic carbocycles. The first-order chi connectivity index (χ1) is 17.2. The van der Waals surface area contributed by atoms with E-state index in [4.69, 9.17) is 0 Å². The van der Waals surface area contributed by atoms with Gasteiger partial charge >= 0.3 is 26.2 Å². The summed E-state index contributed by atoms with van der Waals surface area (Å²) in [6.07, 6.45) is 3.64. The third-order valence-corrected chi connectivity index (χ3v) is 7.59. The first-order valence-electron chi connectivity index (χ1n) is 12.4. The average molecular weight is 594 g/mol. The molecule has 0 heterocycles. The van der Waals surface area contributed by atoms with Crippen molar-refractivity contribution in [3.05, 3.63) is 161 Å². The van der Waals surface area contributed by atoms with Crippen LogP contribution in [0.15, 0.2) is 138 Å². The molecule has 0 aliphatic rings. The Kier molecular flexibility index (Phi) is 15.0. The Bertz CT molecular complexity index is 1160. The smallest absolute Gasteiger partial charge is 0.342 e. The fraction of sp³-hybridized carbons (Fsp3) is 0.176. The van der Waals surface area contributed by atoms with E-state index in [1.165, 1.54) is 10.8 Å². The molecular formula is C34H38Si2Zr. The van der Waals surface area contributed by atoms with Gasteiger partial charge in [-0.2, -0.15) is 41.6 Å². The zero-order valence-electron chi connectivity index (χ0n) is 23.0. The van der Waals surface area contributed by atoms with Gasteiger partial charge in [0, 0.05) is 8.07 Å². The van der Waals surface area contributed by atoms with Crippen molar-refractivity contribution in [2.45, 2.75) is 39.3 Å². The number of hydrogen-bond acceptors (Lipinski definition) is 0. The van der Waals surface area contributed by atoms with Crippen molar-refractivity contribution < 1.29 is 26.2 Å². The van der Waals surface area contributed by atoms with Crippen LogP contribution in [0.2, 0.25) is 39.3 Å². The number of allylic oxidation sites excluding steroid dienone is 2. The molecule has 0 aromatic heterocycles. The van der Waals surface area contributed by atoms with Crippen molar-refractivity contribution in [3.63, 3.8) is 0 Å².